The Morgan fingerprint density at radius 2 is 1.57 bits per heavy atom. The zero-order valence-electron chi connectivity index (χ0n) is 19.9. The Labute approximate surface area is 205 Å². The van der Waals surface area contributed by atoms with Gasteiger partial charge in [0.25, 0.3) is 0 Å². The number of carboxylic acid groups (broad SMARTS) is 1. The minimum atomic E-state index is -1.16. The van der Waals surface area contributed by atoms with Gasteiger partial charge in [0.1, 0.15) is 6.61 Å². The monoisotopic (exact) mass is 480 g/mol. The quantitative estimate of drug-likeness (QED) is 0.478. The molecule has 2 unspecified atom stereocenters. The van der Waals surface area contributed by atoms with Crippen LogP contribution in [0.5, 0.6) is 0 Å². The third-order valence-corrected chi connectivity index (χ3v) is 6.99. The van der Waals surface area contributed by atoms with E-state index in [-0.39, 0.29) is 31.5 Å². The Kier molecular flexibility index (Phi) is 8.02. The molecule has 4 rings (SSSR count). The molecule has 2 aliphatic carbocycles. The van der Waals surface area contributed by atoms with Crippen LogP contribution in [-0.2, 0) is 19.1 Å². The number of rotatable bonds is 10. The number of aliphatic carboxylic acids is 1. The number of carbonyl (C=O) groups is 3. The van der Waals surface area contributed by atoms with Crippen molar-refractivity contribution < 1.29 is 29.0 Å². The number of nitrogens with one attached hydrogen (secondary N) is 2. The zero-order valence-corrected chi connectivity index (χ0v) is 19.9. The van der Waals surface area contributed by atoms with Gasteiger partial charge in [0, 0.05) is 25.5 Å². The number of fused-ring (bicyclic) bond motifs is 3. The van der Waals surface area contributed by atoms with Gasteiger partial charge in [-0.25, -0.2) is 9.59 Å². The summed E-state index contributed by atoms with van der Waals surface area (Å²) >= 11 is 0. The van der Waals surface area contributed by atoms with Gasteiger partial charge in [-0.2, -0.15) is 0 Å². The largest absolute Gasteiger partial charge is 0.480 e. The molecule has 35 heavy (non-hydrogen) atoms. The Bertz CT molecular complexity index is 1020. The van der Waals surface area contributed by atoms with E-state index >= 15 is 0 Å². The average Bonchev–Trinajstić information content (AvgIpc) is 3.49. The molecule has 0 aliphatic heterocycles. The van der Waals surface area contributed by atoms with Crippen molar-refractivity contribution in [3.05, 3.63) is 59.7 Å². The van der Waals surface area contributed by atoms with Crippen LogP contribution in [0.1, 0.15) is 49.1 Å². The molecule has 8 nitrogen and oxygen atoms in total. The summed E-state index contributed by atoms with van der Waals surface area (Å²) in [6, 6.07) is 14.7. The molecule has 0 saturated heterocycles. The summed E-state index contributed by atoms with van der Waals surface area (Å²) in [7, 11) is 1.38. The third kappa shape index (κ3) is 5.82. The van der Waals surface area contributed by atoms with Gasteiger partial charge < -0.3 is 25.2 Å². The maximum absolute atomic E-state index is 12.8. The summed E-state index contributed by atoms with van der Waals surface area (Å²) in [5.41, 5.74) is 4.57. The van der Waals surface area contributed by atoms with Gasteiger partial charge in [0.05, 0.1) is 6.61 Å². The first-order valence-electron chi connectivity index (χ1n) is 12.1. The van der Waals surface area contributed by atoms with E-state index in [1.807, 2.05) is 24.3 Å². The number of ether oxygens (including phenoxy) is 2. The number of methoxy groups -OCH3 is 1. The van der Waals surface area contributed by atoms with Gasteiger partial charge >= 0.3 is 12.1 Å². The van der Waals surface area contributed by atoms with Crippen molar-refractivity contribution in [1.29, 1.82) is 0 Å². The lowest BCUT2D eigenvalue weighted by molar-refractivity contribution is -0.143. The summed E-state index contributed by atoms with van der Waals surface area (Å²) in [4.78, 5) is 36.8. The number of hydrogen-bond acceptors (Lipinski definition) is 5. The highest BCUT2D eigenvalue weighted by atomic mass is 16.5. The van der Waals surface area contributed by atoms with Crippen molar-refractivity contribution in [2.75, 3.05) is 20.3 Å². The molecule has 2 aromatic carbocycles. The molecule has 3 N–H and O–H groups in total. The van der Waals surface area contributed by atoms with Crippen molar-refractivity contribution >= 4 is 18.0 Å². The first-order valence-corrected chi connectivity index (χ1v) is 12.1. The molecule has 2 aromatic rings. The number of carboxylic acids is 1. The second kappa shape index (κ2) is 11.4. The Balaban J connectivity index is 1.39. The Hall–Kier alpha value is -3.39. The number of alkyl carbamates (subject to hydrolysis) is 1. The molecule has 2 amide bonds. The topological polar surface area (TPSA) is 114 Å². The average molecular weight is 481 g/mol. The minimum Gasteiger partial charge on any atom is -0.480 e. The van der Waals surface area contributed by atoms with Crippen molar-refractivity contribution in [1.82, 2.24) is 10.6 Å². The predicted molar refractivity (Wildman–Crippen MR) is 130 cm³/mol. The van der Waals surface area contributed by atoms with E-state index < -0.39 is 30.1 Å². The van der Waals surface area contributed by atoms with Gasteiger partial charge in [-0.3, -0.25) is 4.79 Å². The molecule has 2 atom stereocenters. The van der Waals surface area contributed by atoms with Gasteiger partial charge in [-0.05, 0) is 41.0 Å². The normalized spacial score (nSPS) is 16.7. The second-order valence-corrected chi connectivity index (χ2v) is 9.24. The number of hydrogen-bond donors (Lipinski definition) is 3. The Morgan fingerprint density at radius 1 is 0.971 bits per heavy atom. The van der Waals surface area contributed by atoms with Gasteiger partial charge in [-0.1, -0.05) is 61.4 Å². The van der Waals surface area contributed by atoms with Crippen LogP contribution in [0.3, 0.4) is 0 Å². The summed E-state index contributed by atoms with van der Waals surface area (Å²) in [5.74, 6) is -1.51. The SMILES string of the molecule is COCC(NC(=O)CC(NC(=O)OCC1c2ccccc2-c2ccccc21)C1CCCC1)C(=O)O. The van der Waals surface area contributed by atoms with E-state index in [0.717, 1.165) is 47.9 Å². The van der Waals surface area contributed by atoms with Crippen LogP contribution in [0.15, 0.2) is 48.5 Å². The van der Waals surface area contributed by atoms with Crippen molar-refractivity contribution in [3.63, 3.8) is 0 Å². The van der Waals surface area contributed by atoms with Crippen molar-refractivity contribution in [3.8, 4) is 11.1 Å². The first-order chi connectivity index (χ1) is 17.0. The van der Waals surface area contributed by atoms with Crippen molar-refractivity contribution in [2.45, 2.75) is 50.1 Å². The molecule has 0 radical (unpaired) electrons. The number of benzene rings is 2. The van der Waals surface area contributed by atoms with Crippen LogP contribution >= 0.6 is 0 Å². The van der Waals surface area contributed by atoms with Crippen LogP contribution in [0.4, 0.5) is 4.79 Å². The highest BCUT2D eigenvalue weighted by Gasteiger charge is 2.32. The van der Waals surface area contributed by atoms with Crippen LogP contribution in [-0.4, -0.2) is 55.5 Å². The maximum atomic E-state index is 12.8. The lowest BCUT2D eigenvalue weighted by atomic mass is 9.95. The molecular formula is C27H32N2O6. The molecule has 1 fully saturated rings. The fourth-order valence-electron chi connectivity index (χ4n) is 5.28. The van der Waals surface area contributed by atoms with Gasteiger partial charge in [-0.15, -0.1) is 0 Å². The van der Waals surface area contributed by atoms with Crippen molar-refractivity contribution in [2.24, 2.45) is 5.92 Å². The summed E-state index contributed by atoms with van der Waals surface area (Å²) in [5, 5.41) is 14.7. The molecule has 0 bridgehead atoms. The van der Waals surface area contributed by atoms with Gasteiger partial charge in [0.15, 0.2) is 6.04 Å². The van der Waals surface area contributed by atoms with E-state index in [1.54, 1.807) is 0 Å². The molecule has 0 heterocycles. The van der Waals surface area contributed by atoms with E-state index in [2.05, 4.69) is 34.9 Å². The Morgan fingerprint density at radius 3 is 2.14 bits per heavy atom. The number of amides is 2. The standard InChI is InChI=1S/C27H32N2O6/c1-34-16-24(26(31)32)28-25(30)14-23(17-8-2-3-9-17)29-27(33)35-15-22-20-12-6-4-10-18(20)19-11-5-7-13-21(19)22/h4-7,10-13,17,22-24H,2-3,8-9,14-16H2,1H3,(H,28,30)(H,29,33)(H,31,32). The van der Waals surface area contributed by atoms with E-state index in [1.165, 1.54) is 7.11 Å². The lowest BCUT2D eigenvalue weighted by Gasteiger charge is -2.25. The fraction of sp³-hybridized carbons (Fsp3) is 0.444. The molecule has 2 aliphatic rings. The zero-order chi connectivity index (χ0) is 24.8. The number of carbonyl (C=O) groups excluding carboxylic acids is 2. The van der Waals surface area contributed by atoms with E-state index in [9.17, 15) is 19.5 Å². The maximum Gasteiger partial charge on any atom is 0.407 e. The van der Waals surface area contributed by atoms with E-state index in [4.69, 9.17) is 9.47 Å². The summed E-state index contributed by atoms with van der Waals surface area (Å²) in [6.45, 7) is 0.0628. The van der Waals surface area contributed by atoms with E-state index in [0.29, 0.717) is 0 Å². The van der Waals surface area contributed by atoms with Crippen LogP contribution in [0.2, 0.25) is 0 Å². The molecular weight excluding hydrogens is 448 g/mol. The molecule has 0 aromatic heterocycles. The fourth-order valence-corrected chi connectivity index (χ4v) is 5.28. The second-order valence-electron chi connectivity index (χ2n) is 9.24. The highest BCUT2D eigenvalue weighted by Crippen LogP contribution is 2.44. The minimum absolute atomic E-state index is 0.0116. The predicted octanol–water partition coefficient (Wildman–Crippen LogP) is 3.69. The van der Waals surface area contributed by atoms with Gasteiger partial charge in [0.2, 0.25) is 5.91 Å². The lowest BCUT2D eigenvalue weighted by Crippen LogP contribution is -2.48. The van der Waals surface area contributed by atoms with Crippen LogP contribution < -0.4 is 10.6 Å². The third-order valence-electron chi connectivity index (χ3n) is 6.99. The molecule has 0 spiro atoms. The van der Waals surface area contributed by atoms with Crippen LogP contribution in [0.25, 0.3) is 11.1 Å². The molecule has 8 heteroatoms. The summed E-state index contributed by atoms with van der Waals surface area (Å²) < 4.78 is 10.6. The first kappa shape index (κ1) is 24.7. The molecule has 1 saturated carbocycles. The van der Waals surface area contributed by atoms with Crippen LogP contribution in [0, 0.1) is 5.92 Å². The highest BCUT2D eigenvalue weighted by molar-refractivity contribution is 5.84. The molecule has 186 valence electrons. The summed E-state index contributed by atoms with van der Waals surface area (Å²) in [6.07, 6.45) is 3.31. The smallest absolute Gasteiger partial charge is 0.407 e.